The van der Waals surface area contributed by atoms with Gasteiger partial charge in [0.1, 0.15) is 16.1 Å². The smallest absolute Gasteiger partial charge is 0.0696 e. The Labute approximate surface area is 285 Å². The van der Waals surface area contributed by atoms with Gasteiger partial charge in [0.05, 0.1) is 0 Å². The van der Waals surface area contributed by atoms with E-state index in [1.165, 1.54) is 11.1 Å². The van der Waals surface area contributed by atoms with Gasteiger partial charge in [-0.2, -0.15) is 0 Å². The van der Waals surface area contributed by atoms with Gasteiger partial charge in [-0.3, -0.25) is 0 Å². The van der Waals surface area contributed by atoms with Gasteiger partial charge in [-0.25, -0.2) is 0 Å². The highest BCUT2D eigenvalue weighted by Crippen LogP contribution is 3.08. The Balaban J connectivity index is 1.97. The van der Waals surface area contributed by atoms with Crippen LogP contribution in [0, 0.1) is 32.5 Å². The van der Waals surface area contributed by atoms with E-state index in [1.807, 2.05) is 21.5 Å². The summed E-state index contributed by atoms with van der Waals surface area (Å²) in [7, 11) is -4.87. The molecule has 6 rings (SSSR count). The van der Waals surface area contributed by atoms with Crippen molar-refractivity contribution in [1.29, 1.82) is 0 Å². The largest absolute Gasteiger partial charge is 0.136 e. The summed E-state index contributed by atoms with van der Waals surface area (Å²) in [5.41, 5.74) is 7.38. The Morgan fingerprint density at radius 2 is 0.652 bits per heavy atom. The van der Waals surface area contributed by atoms with Crippen LogP contribution >= 0.6 is 0 Å². The van der Waals surface area contributed by atoms with Gasteiger partial charge in [-0.15, -0.1) is 0 Å². The van der Waals surface area contributed by atoms with Crippen LogP contribution in [0.25, 0.3) is 10.4 Å². The van der Waals surface area contributed by atoms with E-state index in [1.54, 1.807) is 10.4 Å². The van der Waals surface area contributed by atoms with E-state index in [-0.39, 0.29) is 41.8 Å². The molecule has 0 bridgehead atoms. The second kappa shape index (κ2) is 9.00. The summed E-state index contributed by atoms with van der Waals surface area (Å²) in [4.78, 5) is 0. The van der Waals surface area contributed by atoms with Crippen LogP contribution in [-0.2, 0) is 0 Å². The monoisotopic (exact) mass is 648 g/mol. The molecule has 248 valence electrons. The average molecular weight is 649 g/mol. The highest BCUT2D eigenvalue weighted by Gasteiger charge is 3.08. The zero-order valence-electron chi connectivity index (χ0n) is 32.8. The van der Waals surface area contributed by atoms with Crippen LogP contribution in [0.5, 0.6) is 0 Å². The molecule has 2 atom stereocenters. The predicted molar refractivity (Wildman–Crippen MR) is 207 cm³/mol. The first-order chi connectivity index (χ1) is 20.7. The molecule has 0 amide bonds. The number of hydrogen-bond acceptors (Lipinski definition) is 0. The van der Waals surface area contributed by atoms with Crippen molar-refractivity contribution in [3.05, 3.63) is 93.3 Å². The number of benzene rings is 2. The summed E-state index contributed by atoms with van der Waals surface area (Å²) in [6, 6.07) is 23.5. The summed E-state index contributed by atoms with van der Waals surface area (Å²) in [5, 5.41) is 7.44. The van der Waals surface area contributed by atoms with Crippen molar-refractivity contribution < 1.29 is 0 Å². The zero-order valence-corrected chi connectivity index (χ0v) is 34.8. The average Bonchev–Trinajstić information content (AvgIpc) is 3.50. The molecule has 2 unspecified atom stereocenters. The molecule has 46 heavy (non-hydrogen) atoms. The first kappa shape index (κ1) is 34.0. The van der Waals surface area contributed by atoms with Crippen molar-refractivity contribution in [3.8, 4) is 0 Å². The molecule has 4 aliphatic heterocycles. The molecule has 0 N–H and O–H groups in total. The molecule has 0 radical (unpaired) electrons. The summed E-state index contributed by atoms with van der Waals surface area (Å²) >= 11 is 0. The Morgan fingerprint density at radius 3 is 0.870 bits per heavy atom. The molecule has 0 nitrogen and oxygen atoms in total. The minimum atomic E-state index is -2.49. The van der Waals surface area contributed by atoms with Crippen LogP contribution in [-0.4, -0.2) is 16.1 Å². The SMILES string of the molecule is CC(C)(C)C1=C(C(C)(C)C)[Si]23C(C(C)(C)C)=C(C(C)(C)C)C2(C(C)(C)C)[Si]2(C(c4ccccc4)=C2c2ccccc2)C13C(C)(C)C. The highest BCUT2D eigenvalue weighted by molar-refractivity contribution is 7.50. The second-order valence-corrected chi connectivity index (χ2v) is 30.5. The minimum Gasteiger partial charge on any atom is -0.0696 e. The number of hydrogen-bond donors (Lipinski definition) is 0. The van der Waals surface area contributed by atoms with Gasteiger partial charge in [0.15, 0.2) is 0 Å². The van der Waals surface area contributed by atoms with Crippen LogP contribution in [0.3, 0.4) is 0 Å². The van der Waals surface area contributed by atoms with Crippen molar-refractivity contribution >= 4 is 26.5 Å². The van der Waals surface area contributed by atoms with Gasteiger partial charge in [0, 0.05) is 9.32 Å². The second-order valence-electron chi connectivity index (χ2n) is 21.5. The molecule has 0 aromatic heterocycles. The summed E-state index contributed by atoms with van der Waals surface area (Å²) < 4.78 is 0.406. The molecule has 1 fully saturated rings. The fraction of sp³-hybridized carbons (Fsp3) is 0.591. The van der Waals surface area contributed by atoms with Crippen LogP contribution in [0.15, 0.2) is 82.2 Å². The predicted octanol–water partition coefficient (Wildman–Crippen LogP) is 13.1. The van der Waals surface area contributed by atoms with Crippen molar-refractivity contribution in [2.24, 2.45) is 32.5 Å². The van der Waals surface area contributed by atoms with Gasteiger partial charge in [0.2, 0.25) is 0 Å². The standard InChI is InChI=1S/C44H64Si2/c1-37(2,3)33-35(39(7,8)9)46-36(40(10,11)12)34(38(4,5)6)44(46,42(16,17)18)45(43(33,46)41(13,14)15)31(29-25-21-19-22-26-29)32(45)30-27-23-20-24-28-30/h19-28H,1-18H3. The third-order valence-electron chi connectivity index (χ3n) is 12.6. The molecule has 2 spiro atoms. The number of allylic oxidation sites excluding steroid dienone is 4. The van der Waals surface area contributed by atoms with Crippen LogP contribution in [0.2, 0.25) is 9.32 Å². The van der Waals surface area contributed by atoms with Gasteiger partial charge < -0.3 is 0 Å². The lowest BCUT2D eigenvalue weighted by Crippen LogP contribution is -3.00. The lowest BCUT2D eigenvalue weighted by Gasteiger charge is -2.97. The normalized spacial score (nSPS) is 29.3. The quantitative estimate of drug-likeness (QED) is 0.284. The molecule has 4 aliphatic rings. The number of fused-ring (bicyclic) bond motifs is 2. The van der Waals surface area contributed by atoms with Gasteiger partial charge in [-0.05, 0) is 54.0 Å². The molecule has 2 aromatic rings. The topological polar surface area (TPSA) is 0 Å². The maximum Gasteiger partial charge on any atom is 0.136 e. The van der Waals surface area contributed by atoms with E-state index in [9.17, 15) is 0 Å². The first-order valence-electron chi connectivity index (χ1n) is 18.1. The zero-order chi connectivity index (χ0) is 34.7. The number of rotatable bonds is 2. The minimum absolute atomic E-state index is 0.0881. The summed E-state index contributed by atoms with van der Waals surface area (Å²) in [6.45, 7) is 46.9. The first-order valence-corrected chi connectivity index (χ1v) is 22.1. The van der Waals surface area contributed by atoms with E-state index in [4.69, 9.17) is 0 Å². The molecule has 1 saturated heterocycles. The van der Waals surface area contributed by atoms with Crippen molar-refractivity contribution in [1.82, 2.24) is 0 Å². The molecule has 4 heterocycles. The van der Waals surface area contributed by atoms with Gasteiger partial charge >= 0.3 is 0 Å². The molecule has 0 saturated carbocycles. The molecular formula is C44H64Si2. The fourth-order valence-electron chi connectivity index (χ4n) is 13.0. The van der Waals surface area contributed by atoms with E-state index >= 15 is 0 Å². The third kappa shape index (κ3) is 3.33. The van der Waals surface area contributed by atoms with Gasteiger partial charge in [0.25, 0.3) is 0 Å². The lowest BCUT2D eigenvalue weighted by atomic mass is 9.68. The molecule has 2 aromatic carbocycles. The Kier molecular flexibility index (Phi) is 6.65. The molecule has 2 heteroatoms. The van der Waals surface area contributed by atoms with Crippen LogP contribution in [0.4, 0.5) is 0 Å². The van der Waals surface area contributed by atoms with E-state index in [0.717, 1.165) is 0 Å². The van der Waals surface area contributed by atoms with Gasteiger partial charge in [-0.1, -0.05) is 207 Å². The van der Waals surface area contributed by atoms with Crippen molar-refractivity contribution in [3.63, 3.8) is 0 Å². The van der Waals surface area contributed by atoms with E-state index in [0.29, 0.717) is 0 Å². The fourth-order valence-corrected chi connectivity index (χ4v) is 40.7. The third-order valence-corrected chi connectivity index (χ3v) is 31.4. The van der Waals surface area contributed by atoms with Crippen LogP contribution < -0.4 is 0 Å². The van der Waals surface area contributed by atoms with Crippen LogP contribution in [0.1, 0.15) is 136 Å². The Bertz CT molecular complexity index is 1570. The van der Waals surface area contributed by atoms with E-state index < -0.39 is 16.1 Å². The Hall–Kier alpha value is -1.91. The molecular weight excluding hydrogens is 585 g/mol. The highest BCUT2D eigenvalue weighted by atomic mass is 28.5. The summed E-state index contributed by atoms with van der Waals surface area (Å²) in [5.74, 6) is 0. The maximum absolute atomic E-state index is 2.67. The van der Waals surface area contributed by atoms with Crippen molar-refractivity contribution in [2.75, 3.05) is 0 Å². The summed E-state index contributed by atoms with van der Waals surface area (Å²) in [6.07, 6.45) is 0. The maximum atomic E-state index is 2.67. The lowest BCUT2D eigenvalue weighted by molar-refractivity contribution is 0.189. The van der Waals surface area contributed by atoms with Crippen molar-refractivity contribution in [2.45, 2.75) is 134 Å². The Morgan fingerprint density at radius 1 is 0.370 bits per heavy atom. The molecule has 0 aliphatic carbocycles. The van der Waals surface area contributed by atoms with E-state index in [2.05, 4.69) is 185 Å².